The highest BCUT2D eigenvalue weighted by molar-refractivity contribution is 7.66. The summed E-state index contributed by atoms with van der Waals surface area (Å²) < 4.78 is 6.00. The zero-order valence-corrected chi connectivity index (χ0v) is 12.5. The van der Waals surface area contributed by atoms with E-state index in [-0.39, 0.29) is 19.4 Å². The van der Waals surface area contributed by atoms with Gasteiger partial charge in [-0.25, -0.2) is 0 Å². The van der Waals surface area contributed by atoms with Gasteiger partial charge < -0.3 is 4.74 Å². The van der Waals surface area contributed by atoms with Crippen molar-refractivity contribution in [2.45, 2.75) is 37.9 Å². The molecule has 0 bridgehead atoms. The van der Waals surface area contributed by atoms with Crippen LogP contribution in [0.5, 0.6) is 0 Å². The SMILES string of the molecule is CC1(C)OCCC2C(=O)CCP(c3ccccc3)C21. The number of fused-ring (bicyclic) bond motifs is 1. The molecule has 2 aliphatic rings. The van der Waals surface area contributed by atoms with E-state index in [1.54, 1.807) is 0 Å². The van der Waals surface area contributed by atoms with Crippen LogP contribution in [0.15, 0.2) is 30.3 Å². The molecule has 3 rings (SSSR count). The Kier molecular flexibility index (Phi) is 3.49. The Morgan fingerprint density at radius 1 is 1.26 bits per heavy atom. The van der Waals surface area contributed by atoms with Gasteiger partial charge in [-0.2, -0.15) is 0 Å². The lowest BCUT2D eigenvalue weighted by Crippen LogP contribution is -2.53. The van der Waals surface area contributed by atoms with Crippen molar-refractivity contribution in [3.05, 3.63) is 30.3 Å². The molecule has 3 unspecified atom stereocenters. The van der Waals surface area contributed by atoms with Gasteiger partial charge in [-0.05, 0) is 31.7 Å². The van der Waals surface area contributed by atoms with Crippen molar-refractivity contribution in [2.24, 2.45) is 5.92 Å². The fourth-order valence-corrected chi connectivity index (χ4v) is 7.02. The van der Waals surface area contributed by atoms with Crippen LogP contribution >= 0.6 is 7.92 Å². The number of carbonyl (C=O) groups excluding carboxylic acids is 1. The van der Waals surface area contributed by atoms with Gasteiger partial charge in [-0.3, -0.25) is 4.79 Å². The van der Waals surface area contributed by atoms with Gasteiger partial charge >= 0.3 is 0 Å². The summed E-state index contributed by atoms with van der Waals surface area (Å²) in [6.07, 6.45) is 2.71. The summed E-state index contributed by atoms with van der Waals surface area (Å²) in [4.78, 5) is 12.2. The number of ketones is 1. The Balaban J connectivity index is 1.98. The average Bonchev–Trinajstić information content (AvgIpc) is 2.40. The predicted molar refractivity (Wildman–Crippen MR) is 79.4 cm³/mol. The molecule has 19 heavy (non-hydrogen) atoms. The molecule has 0 aromatic heterocycles. The smallest absolute Gasteiger partial charge is 0.137 e. The first-order valence-electron chi connectivity index (χ1n) is 7.08. The molecule has 2 fully saturated rings. The number of hydrogen-bond donors (Lipinski definition) is 0. The third-order valence-corrected chi connectivity index (χ3v) is 7.75. The molecule has 3 atom stereocenters. The molecule has 0 spiro atoms. The highest BCUT2D eigenvalue weighted by atomic mass is 31.1. The molecule has 2 aliphatic heterocycles. The summed E-state index contributed by atoms with van der Waals surface area (Å²) in [6, 6.07) is 10.7. The molecule has 0 aliphatic carbocycles. The van der Waals surface area contributed by atoms with Crippen molar-refractivity contribution in [1.29, 1.82) is 0 Å². The van der Waals surface area contributed by atoms with Crippen molar-refractivity contribution in [3.8, 4) is 0 Å². The Morgan fingerprint density at radius 3 is 2.74 bits per heavy atom. The molecule has 0 radical (unpaired) electrons. The lowest BCUT2D eigenvalue weighted by Gasteiger charge is -2.49. The molecule has 1 aromatic carbocycles. The fourth-order valence-electron chi connectivity index (χ4n) is 3.57. The van der Waals surface area contributed by atoms with E-state index >= 15 is 0 Å². The first-order chi connectivity index (χ1) is 9.09. The van der Waals surface area contributed by atoms with Crippen molar-refractivity contribution < 1.29 is 9.53 Å². The Hall–Kier alpha value is -0.720. The number of carbonyl (C=O) groups is 1. The summed E-state index contributed by atoms with van der Waals surface area (Å²) in [5.74, 6) is 0.694. The zero-order chi connectivity index (χ0) is 13.5. The van der Waals surface area contributed by atoms with E-state index in [1.165, 1.54) is 5.30 Å². The maximum Gasteiger partial charge on any atom is 0.137 e. The van der Waals surface area contributed by atoms with Crippen LogP contribution in [-0.4, -0.2) is 29.8 Å². The summed E-state index contributed by atoms with van der Waals surface area (Å²) in [6.45, 7) is 5.07. The first-order valence-corrected chi connectivity index (χ1v) is 8.67. The maximum absolute atomic E-state index is 12.2. The average molecular weight is 276 g/mol. The highest BCUT2D eigenvalue weighted by Crippen LogP contribution is 2.55. The number of ether oxygens (including phenoxy) is 1. The molecule has 0 amide bonds. The van der Waals surface area contributed by atoms with Crippen LogP contribution in [0.4, 0.5) is 0 Å². The van der Waals surface area contributed by atoms with E-state index in [0.717, 1.165) is 25.6 Å². The van der Waals surface area contributed by atoms with Crippen molar-refractivity contribution in [3.63, 3.8) is 0 Å². The van der Waals surface area contributed by atoms with E-state index in [2.05, 4.69) is 44.2 Å². The van der Waals surface area contributed by atoms with Crippen molar-refractivity contribution >= 4 is 19.0 Å². The van der Waals surface area contributed by atoms with Gasteiger partial charge in [-0.15, -0.1) is 0 Å². The number of benzene rings is 1. The standard InChI is InChI=1S/C16H21O2P/c1-16(2)15-13(8-10-18-16)14(17)9-11-19(15)12-6-4-3-5-7-12/h3-7,13,15H,8-11H2,1-2H3. The Bertz CT molecular complexity index is 469. The van der Waals surface area contributed by atoms with E-state index in [4.69, 9.17) is 4.74 Å². The highest BCUT2D eigenvalue weighted by Gasteiger charge is 2.49. The summed E-state index contributed by atoms with van der Waals surface area (Å²) in [5, 5.41) is 1.43. The molecule has 102 valence electrons. The van der Waals surface area contributed by atoms with E-state index < -0.39 is 0 Å². The molecule has 2 nitrogen and oxygen atoms in total. The van der Waals surface area contributed by atoms with Crippen LogP contribution in [0.25, 0.3) is 0 Å². The van der Waals surface area contributed by atoms with Gasteiger partial charge in [0, 0.05) is 24.6 Å². The van der Waals surface area contributed by atoms with Crippen LogP contribution in [0, 0.1) is 5.92 Å². The largest absolute Gasteiger partial charge is 0.375 e. The van der Waals surface area contributed by atoms with Crippen LogP contribution in [-0.2, 0) is 9.53 Å². The molecular weight excluding hydrogens is 255 g/mol. The zero-order valence-electron chi connectivity index (χ0n) is 11.6. The Morgan fingerprint density at radius 2 is 2.00 bits per heavy atom. The van der Waals surface area contributed by atoms with Gasteiger partial charge in [0.25, 0.3) is 0 Å². The second kappa shape index (κ2) is 5.00. The van der Waals surface area contributed by atoms with Gasteiger partial charge in [0.2, 0.25) is 0 Å². The van der Waals surface area contributed by atoms with E-state index in [1.807, 2.05) is 0 Å². The summed E-state index contributed by atoms with van der Waals surface area (Å²) in [7, 11) is -0.285. The Labute approximate surface area is 116 Å². The molecule has 0 saturated carbocycles. The number of hydrogen-bond acceptors (Lipinski definition) is 2. The third-order valence-electron chi connectivity index (χ3n) is 4.43. The van der Waals surface area contributed by atoms with Crippen LogP contribution in [0.2, 0.25) is 0 Å². The fraction of sp³-hybridized carbons (Fsp3) is 0.562. The molecular formula is C16H21O2P. The minimum atomic E-state index is -0.285. The molecule has 3 heteroatoms. The monoisotopic (exact) mass is 276 g/mol. The van der Waals surface area contributed by atoms with Crippen molar-refractivity contribution in [2.75, 3.05) is 12.8 Å². The predicted octanol–water partition coefficient (Wildman–Crippen LogP) is 2.95. The molecule has 2 saturated heterocycles. The van der Waals surface area contributed by atoms with Crippen LogP contribution in [0.3, 0.4) is 0 Å². The maximum atomic E-state index is 12.2. The van der Waals surface area contributed by atoms with Crippen LogP contribution < -0.4 is 5.30 Å². The topological polar surface area (TPSA) is 26.3 Å². The normalized spacial score (nSPS) is 33.8. The van der Waals surface area contributed by atoms with Gasteiger partial charge in [0.05, 0.1) is 5.60 Å². The summed E-state index contributed by atoms with van der Waals surface area (Å²) in [5.41, 5.74) is 0.223. The second-order valence-corrected chi connectivity index (χ2v) is 8.50. The minimum absolute atomic E-state index is 0.166. The molecule has 2 heterocycles. The first kappa shape index (κ1) is 13.3. The number of rotatable bonds is 1. The molecule has 0 N–H and O–H groups in total. The third kappa shape index (κ3) is 2.37. The van der Waals surface area contributed by atoms with Crippen molar-refractivity contribution in [1.82, 2.24) is 0 Å². The van der Waals surface area contributed by atoms with Gasteiger partial charge in [-0.1, -0.05) is 38.3 Å². The van der Waals surface area contributed by atoms with E-state index in [9.17, 15) is 4.79 Å². The second-order valence-electron chi connectivity index (χ2n) is 6.04. The van der Waals surface area contributed by atoms with Gasteiger partial charge in [0.15, 0.2) is 0 Å². The van der Waals surface area contributed by atoms with Gasteiger partial charge in [0.1, 0.15) is 5.78 Å². The quantitative estimate of drug-likeness (QED) is 0.737. The lowest BCUT2D eigenvalue weighted by atomic mass is 9.83. The lowest BCUT2D eigenvalue weighted by molar-refractivity contribution is -0.132. The minimum Gasteiger partial charge on any atom is -0.375 e. The van der Waals surface area contributed by atoms with E-state index in [0.29, 0.717) is 11.4 Å². The summed E-state index contributed by atoms with van der Waals surface area (Å²) >= 11 is 0. The molecule has 1 aromatic rings. The van der Waals surface area contributed by atoms with Crippen LogP contribution in [0.1, 0.15) is 26.7 Å². The number of Topliss-reactive ketones (excluding diaryl/α,β-unsaturated/α-hetero) is 1.